The summed E-state index contributed by atoms with van der Waals surface area (Å²) < 4.78 is 4.95. The Labute approximate surface area is 126 Å². The number of carbonyl (C=O) groups excluding carboxylic acids is 2. The van der Waals surface area contributed by atoms with Gasteiger partial charge in [0, 0.05) is 19.5 Å². The van der Waals surface area contributed by atoms with Crippen LogP contribution >= 0.6 is 0 Å². The topological polar surface area (TPSA) is 67.4 Å². The van der Waals surface area contributed by atoms with E-state index in [1.807, 2.05) is 44.2 Å². The number of rotatable bonds is 8. The number of alkyl carbamates (subject to hydrolysis) is 1. The van der Waals surface area contributed by atoms with Gasteiger partial charge in [-0.1, -0.05) is 44.2 Å². The molecule has 2 N–H and O–H groups in total. The number of ether oxygens (including phenoxy) is 1. The first-order valence-electron chi connectivity index (χ1n) is 7.29. The van der Waals surface area contributed by atoms with Crippen molar-refractivity contribution in [2.24, 2.45) is 5.92 Å². The van der Waals surface area contributed by atoms with Gasteiger partial charge in [-0.15, -0.1) is 0 Å². The van der Waals surface area contributed by atoms with E-state index in [0.29, 0.717) is 32.0 Å². The fourth-order valence-corrected chi connectivity index (χ4v) is 1.65. The molecule has 0 saturated carbocycles. The van der Waals surface area contributed by atoms with Crippen LogP contribution in [-0.4, -0.2) is 31.7 Å². The molecule has 0 atom stereocenters. The summed E-state index contributed by atoms with van der Waals surface area (Å²) >= 11 is 0. The highest BCUT2D eigenvalue weighted by atomic mass is 16.5. The lowest BCUT2D eigenvalue weighted by molar-refractivity contribution is -0.121. The van der Waals surface area contributed by atoms with E-state index < -0.39 is 6.09 Å². The normalized spacial score (nSPS) is 10.2. The molecular formula is C16H24N2O3. The Morgan fingerprint density at radius 3 is 2.43 bits per heavy atom. The first-order valence-corrected chi connectivity index (χ1v) is 7.29. The molecule has 1 aromatic carbocycles. The number of hydrogen-bond donors (Lipinski definition) is 2. The van der Waals surface area contributed by atoms with Crippen LogP contribution in [0.3, 0.4) is 0 Å². The van der Waals surface area contributed by atoms with E-state index in [4.69, 9.17) is 4.74 Å². The Hall–Kier alpha value is -2.04. The summed E-state index contributed by atoms with van der Waals surface area (Å²) in [6.45, 7) is 5.12. The first kappa shape index (κ1) is 17.0. The van der Waals surface area contributed by atoms with Gasteiger partial charge in [0.05, 0.1) is 6.61 Å². The van der Waals surface area contributed by atoms with Gasteiger partial charge in [-0.05, 0) is 17.9 Å². The minimum atomic E-state index is -0.442. The molecular weight excluding hydrogens is 268 g/mol. The van der Waals surface area contributed by atoms with E-state index in [1.54, 1.807) is 0 Å². The average molecular weight is 292 g/mol. The lowest BCUT2D eigenvalue weighted by Crippen LogP contribution is -2.35. The molecule has 0 heterocycles. The number of carbonyl (C=O) groups is 2. The summed E-state index contributed by atoms with van der Waals surface area (Å²) in [5, 5.41) is 5.36. The zero-order valence-electron chi connectivity index (χ0n) is 12.7. The molecule has 0 aromatic heterocycles. The number of benzene rings is 1. The van der Waals surface area contributed by atoms with Gasteiger partial charge in [0.2, 0.25) is 5.91 Å². The molecule has 21 heavy (non-hydrogen) atoms. The van der Waals surface area contributed by atoms with Crippen molar-refractivity contribution in [3.63, 3.8) is 0 Å². The Kier molecular flexibility index (Phi) is 7.94. The molecule has 0 spiro atoms. The molecule has 0 bridgehead atoms. The van der Waals surface area contributed by atoms with Crippen molar-refractivity contribution in [3.8, 4) is 0 Å². The van der Waals surface area contributed by atoms with Gasteiger partial charge in [0.25, 0.3) is 0 Å². The van der Waals surface area contributed by atoms with E-state index in [2.05, 4.69) is 10.6 Å². The smallest absolute Gasteiger partial charge is 0.407 e. The van der Waals surface area contributed by atoms with E-state index in [9.17, 15) is 9.59 Å². The summed E-state index contributed by atoms with van der Waals surface area (Å²) in [6, 6.07) is 9.87. The molecule has 2 amide bonds. The van der Waals surface area contributed by atoms with E-state index >= 15 is 0 Å². The molecule has 0 aliphatic heterocycles. The molecule has 0 aliphatic carbocycles. The van der Waals surface area contributed by atoms with Crippen LogP contribution in [0.1, 0.15) is 25.8 Å². The molecule has 1 rings (SSSR count). The molecule has 1 aromatic rings. The first-order chi connectivity index (χ1) is 10.1. The fraction of sp³-hybridized carbons (Fsp3) is 0.500. The minimum absolute atomic E-state index is 0.0174. The van der Waals surface area contributed by atoms with Crippen LogP contribution < -0.4 is 10.6 Å². The quantitative estimate of drug-likeness (QED) is 0.721. The summed E-state index contributed by atoms with van der Waals surface area (Å²) in [4.78, 5) is 22.9. The fourth-order valence-electron chi connectivity index (χ4n) is 1.65. The van der Waals surface area contributed by atoms with Crippen LogP contribution in [0, 0.1) is 5.92 Å². The second-order valence-electron chi connectivity index (χ2n) is 5.25. The lowest BCUT2D eigenvalue weighted by atomic mass is 10.1. The highest BCUT2D eigenvalue weighted by molar-refractivity contribution is 5.76. The third-order valence-corrected chi connectivity index (χ3v) is 2.75. The monoisotopic (exact) mass is 292 g/mol. The third kappa shape index (κ3) is 8.68. The lowest BCUT2D eigenvalue weighted by Gasteiger charge is -2.09. The summed E-state index contributed by atoms with van der Waals surface area (Å²) in [7, 11) is 0. The van der Waals surface area contributed by atoms with Crippen LogP contribution in [-0.2, 0) is 16.0 Å². The summed E-state index contributed by atoms with van der Waals surface area (Å²) in [5.74, 6) is 0.296. The van der Waals surface area contributed by atoms with Gasteiger partial charge < -0.3 is 15.4 Å². The predicted molar refractivity (Wildman–Crippen MR) is 82.0 cm³/mol. The van der Waals surface area contributed by atoms with Gasteiger partial charge in [-0.25, -0.2) is 4.79 Å². The number of aryl methyl sites for hydroxylation is 1. The molecule has 0 fully saturated rings. The van der Waals surface area contributed by atoms with Crippen LogP contribution in [0.25, 0.3) is 0 Å². The molecule has 5 heteroatoms. The van der Waals surface area contributed by atoms with E-state index in [-0.39, 0.29) is 5.91 Å². The number of hydrogen-bond acceptors (Lipinski definition) is 3. The molecule has 5 nitrogen and oxygen atoms in total. The number of nitrogens with one attached hydrogen (secondary N) is 2. The van der Waals surface area contributed by atoms with Crippen LogP contribution in [0.4, 0.5) is 4.79 Å². The predicted octanol–water partition coefficient (Wildman–Crippen LogP) is 2.12. The van der Waals surface area contributed by atoms with Crippen molar-refractivity contribution in [3.05, 3.63) is 35.9 Å². The molecule has 0 aliphatic rings. The second-order valence-corrected chi connectivity index (χ2v) is 5.25. The van der Waals surface area contributed by atoms with Crippen molar-refractivity contribution >= 4 is 12.0 Å². The maximum absolute atomic E-state index is 11.6. The van der Waals surface area contributed by atoms with Crippen molar-refractivity contribution in [2.45, 2.75) is 26.7 Å². The Morgan fingerprint density at radius 2 is 1.76 bits per heavy atom. The van der Waals surface area contributed by atoms with E-state index in [1.165, 1.54) is 0 Å². The zero-order valence-corrected chi connectivity index (χ0v) is 12.7. The molecule has 116 valence electrons. The Morgan fingerprint density at radius 1 is 1.10 bits per heavy atom. The molecule has 0 radical (unpaired) electrons. The highest BCUT2D eigenvalue weighted by Crippen LogP contribution is 2.01. The highest BCUT2D eigenvalue weighted by Gasteiger charge is 2.04. The maximum Gasteiger partial charge on any atom is 0.407 e. The van der Waals surface area contributed by atoms with Crippen LogP contribution in [0.15, 0.2) is 30.3 Å². The molecule has 0 unspecified atom stereocenters. The van der Waals surface area contributed by atoms with Crippen molar-refractivity contribution in [1.29, 1.82) is 0 Å². The van der Waals surface area contributed by atoms with Gasteiger partial charge in [0.1, 0.15) is 0 Å². The van der Waals surface area contributed by atoms with Crippen molar-refractivity contribution in [1.82, 2.24) is 10.6 Å². The van der Waals surface area contributed by atoms with Crippen molar-refractivity contribution in [2.75, 3.05) is 19.7 Å². The Balaban J connectivity index is 2.04. The van der Waals surface area contributed by atoms with E-state index in [0.717, 1.165) is 12.0 Å². The van der Waals surface area contributed by atoms with Gasteiger partial charge in [0.15, 0.2) is 0 Å². The standard InChI is InChI=1S/C16H24N2O3/c1-13(2)12-21-16(20)18-11-10-17-15(19)9-8-14-6-4-3-5-7-14/h3-7,13H,8-12H2,1-2H3,(H,17,19)(H,18,20). The summed E-state index contributed by atoms with van der Waals surface area (Å²) in [5.41, 5.74) is 1.14. The van der Waals surface area contributed by atoms with Crippen molar-refractivity contribution < 1.29 is 14.3 Å². The van der Waals surface area contributed by atoms with Gasteiger partial charge in [-0.3, -0.25) is 4.79 Å². The zero-order chi connectivity index (χ0) is 15.5. The number of amides is 2. The Bertz CT molecular complexity index is 432. The maximum atomic E-state index is 11.6. The second kappa shape index (κ2) is 9.80. The molecule has 0 saturated heterocycles. The SMILES string of the molecule is CC(C)COC(=O)NCCNC(=O)CCc1ccccc1. The largest absolute Gasteiger partial charge is 0.449 e. The van der Waals surface area contributed by atoms with Gasteiger partial charge in [-0.2, -0.15) is 0 Å². The average Bonchev–Trinajstić information content (AvgIpc) is 2.48. The summed E-state index contributed by atoms with van der Waals surface area (Å²) in [6.07, 6.45) is 0.723. The van der Waals surface area contributed by atoms with Gasteiger partial charge >= 0.3 is 6.09 Å². The third-order valence-electron chi connectivity index (χ3n) is 2.75. The van der Waals surface area contributed by atoms with Crippen LogP contribution in [0.2, 0.25) is 0 Å². The van der Waals surface area contributed by atoms with Crippen LogP contribution in [0.5, 0.6) is 0 Å². The minimum Gasteiger partial charge on any atom is -0.449 e.